The van der Waals surface area contributed by atoms with E-state index in [-0.39, 0.29) is 17.0 Å². The number of hydrogen-bond donors (Lipinski definition) is 2. The molecule has 0 heterocycles. The number of carbonyl (C=O) groups is 1. The van der Waals surface area contributed by atoms with Gasteiger partial charge in [0, 0.05) is 12.6 Å². The number of nitro benzene ring substituents is 1. The first-order valence-corrected chi connectivity index (χ1v) is 5.74. The van der Waals surface area contributed by atoms with Crippen LogP contribution in [0.15, 0.2) is 18.2 Å². The molecule has 1 amide bonds. The van der Waals surface area contributed by atoms with Gasteiger partial charge < -0.3 is 10.4 Å². The lowest BCUT2D eigenvalue weighted by molar-refractivity contribution is -0.385. The Hall–Kier alpha value is -2.11. The van der Waals surface area contributed by atoms with Crippen LogP contribution < -0.4 is 5.32 Å². The van der Waals surface area contributed by atoms with E-state index in [4.69, 9.17) is 0 Å². The van der Waals surface area contributed by atoms with E-state index >= 15 is 0 Å². The minimum absolute atomic E-state index is 0.103. The van der Waals surface area contributed by atoms with Gasteiger partial charge in [-0.15, -0.1) is 0 Å². The summed E-state index contributed by atoms with van der Waals surface area (Å²) in [6, 6.07) is 3.44. The molecule has 1 aromatic rings. The van der Waals surface area contributed by atoms with E-state index in [2.05, 4.69) is 12.2 Å². The Kier molecular flexibility index (Phi) is 3.18. The zero-order valence-electron chi connectivity index (χ0n) is 9.92. The fraction of sp³-hybridized carbons (Fsp3) is 0.417. The van der Waals surface area contributed by atoms with Crippen molar-refractivity contribution in [3.8, 4) is 5.75 Å². The Labute approximate surface area is 104 Å². The molecule has 2 rings (SSSR count). The van der Waals surface area contributed by atoms with Gasteiger partial charge in [-0.3, -0.25) is 14.9 Å². The molecule has 0 bridgehead atoms. The molecule has 2 atom stereocenters. The lowest BCUT2D eigenvalue weighted by Crippen LogP contribution is -2.26. The van der Waals surface area contributed by atoms with Crippen LogP contribution in [0.3, 0.4) is 0 Å². The molecule has 6 nitrogen and oxygen atoms in total. The van der Waals surface area contributed by atoms with Crippen molar-refractivity contribution in [1.82, 2.24) is 5.32 Å². The standard InChI is InChI=1S/C12H14N2O4/c1-7-4-8(7)6-13-12(16)10-5-9(15)2-3-11(10)14(17)18/h2-3,5,7-8,15H,4,6H2,1H3,(H,13,16). The number of nitro groups is 1. The van der Waals surface area contributed by atoms with Crippen LogP contribution in [0.4, 0.5) is 5.69 Å². The first-order valence-electron chi connectivity index (χ1n) is 5.74. The van der Waals surface area contributed by atoms with Crippen molar-refractivity contribution in [3.05, 3.63) is 33.9 Å². The number of nitrogens with zero attached hydrogens (tertiary/aromatic N) is 1. The summed E-state index contributed by atoms with van der Waals surface area (Å²) in [5, 5.41) is 22.7. The number of amides is 1. The van der Waals surface area contributed by atoms with Crippen LogP contribution in [0.5, 0.6) is 5.75 Å². The summed E-state index contributed by atoms with van der Waals surface area (Å²) in [6.45, 7) is 2.61. The van der Waals surface area contributed by atoms with Gasteiger partial charge in [-0.1, -0.05) is 6.92 Å². The fourth-order valence-electron chi connectivity index (χ4n) is 1.87. The van der Waals surface area contributed by atoms with Crippen molar-refractivity contribution in [2.45, 2.75) is 13.3 Å². The summed E-state index contributed by atoms with van der Waals surface area (Å²) in [5.74, 6) is 0.386. The van der Waals surface area contributed by atoms with Crippen molar-refractivity contribution < 1.29 is 14.8 Å². The average Bonchev–Trinajstić information content (AvgIpc) is 3.01. The van der Waals surface area contributed by atoms with Crippen molar-refractivity contribution in [3.63, 3.8) is 0 Å². The summed E-state index contributed by atoms with van der Waals surface area (Å²) in [6.07, 6.45) is 1.07. The molecule has 2 unspecified atom stereocenters. The van der Waals surface area contributed by atoms with Crippen molar-refractivity contribution in [2.75, 3.05) is 6.54 Å². The smallest absolute Gasteiger partial charge is 0.282 e. The molecule has 1 aromatic carbocycles. The van der Waals surface area contributed by atoms with E-state index in [1.54, 1.807) is 0 Å². The minimum atomic E-state index is -0.631. The molecule has 1 aliphatic carbocycles. The number of hydrogen-bond acceptors (Lipinski definition) is 4. The molecule has 0 aromatic heterocycles. The lowest BCUT2D eigenvalue weighted by Gasteiger charge is -2.05. The van der Waals surface area contributed by atoms with Gasteiger partial charge in [-0.05, 0) is 30.4 Å². The Balaban J connectivity index is 2.12. The predicted octanol–water partition coefficient (Wildman–Crippen LogP) is 1.69. The SMILES string of the molecule is CC1CC1CNC(=O)c1cc(O)ccc1[N+](=O)[O-]. The third kappa shape index (κ3) is 2.58. The molecule has 0 radical (unpaired) electrons. The molecule has 1 saturated carbocycles. The number of nitrogens with one attached hydrogen (secondary N) is 1. The van der Waals surface area contributed by atoms with E-state index in [1.807, 2.05) is 0 Å². The zero-order valence-corrected chi connectivity index (χ0v) is 9.92. The summed E-state index contributed by atoms with van der Waals surface area (Å²) in [5.41, 5.74) is -0.401. The van der Waals surface area contributed by atoms with E-state index < -0.39 is 10.8 Å². The van der Waals surface area contributed by atoms with Crippen LogP contribution in [0.25, 0.3) is 0 Å². The van der Waals surface area contributed by atoms with Crippen molar-refractivity contribution in [1.29, 1.82) is 0 Å². The topological polar surface area (TPSA) is 92.5 Å². The van der Waals surface area contributed by atoms with E-state index in [9.17, 15) is 20.0 Å². The molecule has 0 aliphatic heterocycles. The third-order valence-electron chi connectivity index (χ3n) is 3.22. The van der Waals surface area contributed by atoms with E-state index in [0.717, 1.165) is 18.6 Å². The van der Waals surface area contributed by atoms with Gasteiger partial charge in [-0.25, -0.2) is 0 Å². The van der Waals surface area contributed by atoms with Gasteiger partial charge in [0.05, 0.1) is 4.92 Å². The summed E-state index contributed by atoms with van der Waals surface area (Å²) in [7, 11) is 0. The zero-order chi connectivity index (χ0) is 13.3. The summed E-state index contributed by atoms with van der Waals surface area (Å²) < 4.78 is 0. The molecule has 96 valence electrons. The number of phenolic OH excluding ortho intramolecular Hbond substituents is 1. The molecular formula is C12H14N2O4. The molecule has 2 N–H and O–H groups in total. The third-order valence-corrected chi connectivity index (χ3v) is 3.22. The number of rotatable bonds is 4. The van der Waals surface area contributed by atoms with E-state index in [0.29, 0.717) is 18.4 Å². The van der Waals surface area contributed by atoms with Gasteiger partial charge in [0.1, 0.15) is 11.3 Å². The second-order valence-corrected chi connectivity index (χ2v) is 4.64. The normalized spacial score (nSPS) is 21.4. The van der Waals surface area contributed by atoms with Gasteiger partial charge in [0.2, 0.25) is 0 Å². The molecule has 1 fully saturated rings. The molecule has 6 heteroatoms. The quantitative estimate of drug-likeness (QED) is 0.628. The molecule has 0 spiro atoms. The first kappa shape index (κ1) is 12.3. The Bertz CT molecular complexity index is 501. The Morgan fingerprint density at radius 2 is 2.28 bits per heavy atom. The molecule has 0 saturated heterocycles. The second kappa shape index (κ2) is 4.64. The van der Waals surface area contributed by atoms with Crippen LogP contribution in [0.2, 0.25) is 0 Å². The average molecular weight is 250 g/mol. The highest BCUT2D eigenvalue weighted by atomic mass is 16.6. The number of benzene rings is 1. The van der Waals surface area contributed by atoms with Crippen LogP contribution in [-0.4, -0.2) is 22.5 Å². The van der Waals surface area contributed by atoms with Gasteiger partial charge in [0.25, 0.3) is 11.6 Å². The Morgan fingerprint density at radius 3 is 2.83 bits per heavy atom. The highest BCUT2D eigenvalue weighted by Crippen LogP contribution is 2.36. The second-order valence-electron chi connectivity index (χ2n) is 4.64. The van der Waals surface area contributed by atoms with E-state index in [1.165, 1.54) is 6.07 Å². The highest BCUT2D eigenvalue weighted by molar-refractivity contribution is 5.98. The maximum atomic E-state index is 11.8. The minimum Gasteiger partial charge on any atom is -0.508 e. The number of phenols is 1. The number of aromatic hydroxyl groups is 1. The lowest BCUT2D eigenvalue weighted by atomic mass is 10.1. The number of carbonyl (C=O) groups excluding carboxylic acids is 1. The maximum absolute atomic E-state index is 11.8. The highest BCUT2D eigenvalue weighted by Gasteiger charge is 2.33. The summed E-state index contributed by atoms with van der Waals surface area (Å²) >= 11 is 0. The van der Waals surface area contributed by atoms with Crippen LogP contribution in [-0.2, 0) is 0 Å². The molecular weight excluding hydrogens is 236 g/mol. The summed E-state index contributed by atoms with van der Waals surface area (Å²) in [4.78, 5) is 22.0. The van der Waals surface area contributed by atoms with Crippen LogP contribution in [0, 0.1) is 22.0 Å². The maximum Gasteiger partial charge on any atom is 0.282 e. The van der Waals surface area contributed by atoms with Crippen LogP contribution >= 0.6 is 0 Å². The van der Waals surface area contributed by atoms with Gasteiger partial charge in [-0.2, -0.15) is 0 Å². The van der Waals surface area contributed by atoms with Gasteiger partial charge >= 0.3 is 0 Å². The fourth-order valence-corrected chi connectivity index (χ4v) is 1.87. The van der Waals surface area contributed by atoms with Gasteiger partial charge in [0.15, 0.2) is 0 Å². The largest absolute Gasteiger partial charge is 0.508 e. The first-order chi connectivity index (χ1) is 8.49. The molecule has 1 aliphatic rings. The predicted molar refractivity (Wildman–Crippen MR) is 64.4 cm³/mol. The Morgan fingerprint density at radius 1 is 1.61 bits per heavy atom. The van der Waals surface area contributed by atoms with Crippen molar-refractivity contribution >= 4 is 11.6 Å². The molecule has 18 heavy (non-hydrogen) atoms. The monoisotopic (exact) mass is 250 g/mol. The van der Waals surface area contributed by atoms with Crippen LogP contribution in [0.1, 0.15) is 23.7 Å². The van der Waals surface area contributed by atoms with Crippen molar-refractivity contribution in [2.24, 2.45) is 11.8 Å².